The van der Waals surface area contributed by atoms with Gasteiger partial charge in [0.15, 0.2) is 0 Å². The summed E-state index contributed by atoms with van der Waals surface area (Å²) in [5.74, 6) is 0.954. The molecule has 64 valence electrons. The van der Waals surface area contributed by atoms with Gasteiger partial charge in [-0.2, -0.15) is 0 Å². The Balaban J connectivity index is 2.20. The van der Waals surface area contributed by atoms with Crippen molar-refractivity contribution in [2.24, 2.45) is 11.7 Å². The van der Waals surface area contributed by atoms with Crippen LogP contribution in [0.2, 0.25) is 0 Å². The Morgan fingerprint density at radius 2 is 2.17 bits per heavy atom. The third kappa shape index (κ3) is 1.43. The topological polar surface area (TPSA) is 46.2 Å². The van der Waals surface area contributed by atoms with E-state index in [1.54, 1.807) is 12.1 Å². The Morgan fingerprint density at radius 3 is 2.75 bits per heavy atom. The van der Waals surface area contributed by atoms with Crippen molar-refractivity contribution in [3.63, 3.8) is 0 Å². The molecule has 2 nitrogen and oxygen atoms in total. The van der Waals surface area contributed by atoms with Crippen molar-refractivity contribution >= 4 is 0 Å². The lowest BCUT2D eigenvalue weighted by molar-refractivity contribution is 0.473. The van der Waals surface area contributed by atoms with E-state index < -0.39 is 0 Å². The first-order valence-corrected chi connectivity index (χ1v) is 4.32. The molecule has 2 rings (SSSR count). The van der Waals surface area contributed by atoms with E-state index >= 15 is 0 Å². The van der Waals surface area contributed by atoms with Crippen molar-refractivity contribution in [2.45, 2.75) is 18.9 Å². The highest BCUT2D eigenvalue weighted by molar-refractivity contribution is 5.30. The molecule has 0 heterocycles. The standard InChI is InChI=1S/C10H13NO/c11-10(7-4-5-7)8-2-1-3-9(12)6-8/h1-3,6-7,10,12H,4-5,11H2. The second-order valence-electron chi connectivity index (χ2n) is 3.46. The van der Waals surface area contributed by atoms with Crippen molar-refractivity contribution in [1.29, 1.82) is 0 Å². The van der Waals surface area contributed by atoms with E-state index in [0.29, 0.717) is 11.7 Å². The minimum Gasteiger partial charge on any atom is -0.508 e. The van der Waals surface area contributed by atoms with E-state index in [4.69, 9.17) is 5.73 Å². The van der Waals surface area contributed by atoms with Crippen LogP contribution in [0, 0.1) is 5.92 Å². The molecule has 2 heteroatoms. The highest BCUT2D eigenvalue weighted by Gasteiger charge is 2.29. The SMILES string of the molecule is NC(c1cccc(O)c1)C1CC1. The molecule has 0 bridgehead atoms. The lowest BCUT2D eigenvalue weighted by atomic mass is 10.0. The van der Waals surface area contributed by atoms with Gasteiger partial charge in [-0.1, -0.05) is 12.1 Å². The normalized spacial score (nSPS) is 19.1. The minimum atomic E-state index is 0.122. The van der Waals surface area contributed by atoms with Crippen LogP contribution in [0.15, 0.2) is 24.3 Å². The molecule has 3 N–H and O–H groups in total. The summed E-state index contributed by atoms with van der Waals surface area (Å²) in [6.07, 6.45) is 2.47. The van der Waals surface area contributed by atoms with Crippen LogP contribution in [0.4, 0.5) is 0 Å². The second-order valence-corrected chi connectivity index (χ2v) is 3.46. The lowest BCUT2D eigenvalue weighted by Crippen LogP contribution is -2.11. The molecule has 0 aliphatic heterocycles. The average Bonchev–Trinajstić information content (AvgIpc) is 2.85. The molecule has 12 heavy (non-hydrogen) atoms. The van der Waals surface area contributed by atoms with Gasteiger partial charge in [-0.3, -0.25) is 0 Å². The Kier molecular flexibility index (Phi) is 1.77. The van der Waals surface area contributed by atoms with Crippen molar-refractivity contribution in [1.82, 2.24) is 0 Å². The first-order chi connectivity index (χ1) is 5.77. The number of phenols is 1. The highest BCUT2D eigenvalue weighted by Crippen LogP contribution is 2.39. The second kappa shape index (κ2) is 2.79. The molecule has 1 aromatic rings. The van der Waals surface area contributed by atoms with Gasteiger partial charge in [-0.05, 0) is 36.5 Å². The fourth-order valence-electron chi connectivity index (χ4n) is 1.46. The van der Waals surface area contributed by atoms with Crippen LogP contribution in [0.5, 0.6) is 5.75 Å². The molecular formula is C10H13NO. The lowest BCUT2D eigenvalue weighted by Gasteiger charge is -2.10. The van der Waals surface area contributed by atoms with Gasteiger partial charge in [0.05, 0.1) is 0 Å². The first kappa shape index (κ1) is 7.62. The van der Waals surface area contributed by atoms with E-state index in [9.17, 15) is 5.11 Å². The molecule has 1 saturated carbocycles. The third-order valence-corrected chi connectivity index (χ3v) is 2.38. The Hall–Kier alpha value is -1.02. The predicted octanol–water partition coefficient (Wildman–Crippen LogP) is 1.80. The molecule has 1 atom stereocenters. The zero-order valence-corrected chi connectivity index (χ0v) is 6.90. The van der Waals surface area contributed by atoms with Crippen LogP contribution in [0.3, 0.4) is 0 Å². The molecule has 1 aliphatic carbocycles. The predicted molar refractivity (Wildman–Crippen MR) is 47.8 cm³/mol. The van der Waals surface area contributed by atoms with E-state index in [1.165, 1.54) is 12.8 Å². The summed E-state index contributed by atoms with van der Waals surface area (Å²) >= 11 is 0. The Labute approximate surface area is 72.0 Å². The van der Waals surface area contributed by atoms with E-state index in [-0.39, 0.29) is 6.04 Å². The van der Waals surface area contributed by atoms with Gasteiger partial charge < -0.3 is 10.8 Å². The van der Waals surface area contributed by atoms with E-state index in [0.717, 1.165) is 5.56 Å². The van der Waals surface area contributed by atoms with E-state index in [2.05, 4.69) is 0 Å². The fourth-order valence-corrected chi connectivity index (χ4v) is 1.46. The summed E-state index contributed by atoms with van der Waals surface area (Å²) in [6.45, 7) is 0. The van der Waals surface area contributed by atoms with Crippen molar-refractivity contribution in [3.05, 3.63) is 29.8 Å². The molecular weight excluding hydrogens is 150 g/mol. The number of hydrogen-bond donors (Lipinski definition) is 2. The molecule has 0 saturated heterocycles. The van der Waals surface area contributed by atoms with Gasteiger partial charge >= 0.3 is 0 Å². The van der Waals surface area contributed by atoms with Gasteiger partial charge in [0.1, 0.15) is 5.75 Å². The largest absolute Gasteiger partial charge is 0.508 e. The summed E-state index contributed by atoms with van der Waals surface area (Å²) in [5, 5.41) is 9.21. The number of aromatic hydroxyl groups is 1. The third-order valence-electron chi connectivity index (χ3n) is 2.38. The van der Waals surface area contributed by atoms with Crippen LogP contribution < -0.4 is 5.73 Å². The average molecular weight is 163 g/mol. The highest BCUT2D eigenvalue weighted by atomic mass is 16.3. The number of phenolic OH excluding ortho intramolecular Hbond substituents is 1. The van der Waals surface area contributed by atoms with E-state index in [1.807, 2.05) is 12.1 Å². The quantitative estimate of drug-likeness (QED) is 0.698. The van der Waals surface area contributed by atoms with Gasteiger partial charge in [-0.15, -0.1) is 0 Å². The summed E-state index contributed by atoms with van der Waals surface area (Å²) < 4.78 is 0. The van der Waals surface area contributed by atoms with Gasteiger partial charge in [-0.25, -0.2) is 0 Å². The Bertz CT molecular complexity index is 281. The summed E-state index contributed by atoms with van der Waals surface area (Å²) in [5.41, 5.74) is 7.01. The van der Waals surface area contributed by atoms with Crippen molar-refractivity contribution in [3.8, 4) is 5.75 Å². The molecule has 0 amide bonds. The fraction of sp³-hybridized carbons (Fsp3) is 0.400. The first-order valence-electron chi connectivity index (χ1n) is 4.32. The zero-order valence-electron chi connectivity index (χ0n) is 6.90. The van der Waals surface area contributed by atoms with Gasteiger partial charge in [0.2, 0.25) is 0 Å². The molecule has 0 spiro atoms. The van der Waals surface area contributed by atoms with Crippen LogP contribution in [-0.4, -0.2) is 5.11 Å². The van der Waals surface area contributed by atoms with Crippen LogP contribution in [0.1, 0.15) is 24.4 Å². The molecule has 1 unspecified atom stereocenters. The minimum absolute atomic E-state index is 0.122. The van der Waals surface area contributed by atoms with Gasteiger partial charge in [0, 0.05) is 6.04 Å². The summed E-state index contributed by atoms with van der Waals surface area (Å²) in [4.78, 5) is 0. The number of benzene rings is 1. The Morgan fingerprint density at radius 1 is 1.42 bits per heavy atom. The molecule has 0 aromatic heterocycles. The maximum atomic E-state index is 9.21. The molecule has 1 aliphatic rings. The van der Waals surface area contributed by atoms with Gasteiger partial charge in [0.25, 0.3) is 0 Å². The molecule has 1 aromatic carbocycles. The number of nitrogens with two attached hydrogens (primary N) is 1. The maximum absolute atomic E-state index is 9.21. The molecule has 1 fully saturated rings. The van der Waals surface area contributed by atoms with Crippen LogP contribution in [-0.2, 0) is 0 Å². The van der Waals surface area contributed by atoms with Crippen LogP contribution >= 0.6 is 0 Å². The summed E-state index contributed by atoms with van der Waals surface area (Å²) in [7, 11) is 0. The smallest absolute Gasteiger partial charge is 0.115 e. The van der Waals surface area contributed by atoms with Crippen molar-refractivity contribution < 1.29 is 5.11 Å². The molecule has 0 radical (unpaired) electrons. The summed E-state index contributed by atoms with van der Waals surface area (Å²) in [6, 6.07) is 7.36. The number of hydrogen-bond acceptors (Lipinski definition) is 2. The van der Waals surface area contributed by atoms with Crippen molar-refractivity contribution in [2.75, 3.05) is 0 Å². The number of rotatable bonds is 2. The monoisotopic (exact) mass is 163 g/mol. The zero-order chi connectivity index (χ0) is 8.55. The van der Waals surface area contributed by atoms with Crippen LogP contribution in [0.25, 0.3) is 0 Å². The maximum Gasteiger partial charge on any atom is 0.115 e.